The van der Waals surface area contributed by atoms with E-state index < -0.39 is 0 Å². The third-order valence-corrected chi connectivity index (χ3v) is 4.88. The maximum atomic E-state index is 6.17. The predicted octanol–water partition coefficient (Wildman–Crippen LogP) is 4.45. The second kappa shape index (κ2) is 8.02. The predicted molar refractivity (Wildman–Crippen MR) is 102 cm³/mol. The Bertz CT molecular complexity index is 685. The van der Waals surface area contributed by atoms with Gasteiger partial charge in [-0.05, 0) is 24.6 Å². The lowest BCUT2D eigenvalue weighted by atomic mass is 10.1. The summed E-state index contributed by atoms with van der Waals surface area (Å²) in [4.78, 5) is 2.46. The Morgan fingerprint density at radius 2 is 1.58 bits per heavy atom. The maximum Gasteiger partial charge on any atom is 0.0572 e. The number of aryl methyl sites for hydroxylation is 1. The summed E-state index contributed by atoms with van der Waals surface area (Å²) >= 11 is 12.3. The molecule has 1 fully saturated rings. The van der Waals surface area contributed by atoms with Gasteiger partial charge in [0.25, 0.3) is 0 Å². The van der Waals surface area contributed by atoms with E-state index in [9.17, 15) is 0 Å². The zero-order chi connectivity index (χ0) is 16.9. The Hall–Kier alpha value is -1.55. The maximum absolute atomic E-state index is 6.17. The Kier molecular flexibility index (Phi) is 5.77. The van der Waals surface area contributed by atoms with Crippen LogP contribution >= 0.6 is 23.2 Å². The number of halogens is 2. The van der Waals surface area contributed by atoms with Crippen LogP contribution in [0.15, 0.2) is 47.6 Å². The largest absolute Gasteiger partial charge is 0.295 e. The van der Waals surface area contributed by atoms with E-state index >= 15 is 0 Å². The number of nitrogens with zero attached hydrogens (tertiary/aromatic N) is 3. The van der Waals surface area contributed by atoms with Crippen molar-refractivity contribution in [2.24, 2.45) is 5.10 Å². The molecule has 1 aliphatic rings. The molecule has 0 N–H and O–H groups in total. The van der Waals surface area contributed by atoms with Crippen molar-refractivity contribution >= 4 is 29.4 Å². The molecule has 2 aromatic rings. The molecular weight excluding hydrogens is 341 g/mol. The highest BCUT2D eigenvalue weighted by molar-refractivity contribution is 6.38. The van der Waals surface area contributed by atoms with Gasteiger partial charge in [-0.3, -0.25) is 9.91 Å². The fourth-order valence-electron chi connectivity index (χ4n) is 2.74. The summed E-state index contributed by atoms with van der Waals surface area (Å²) in [5.74, 6) is 0. The van der Waals surface area contributed by atoms with Gasteiger partial charge in [-0.2, -0.15) is 5.10 Å². The molecule has 0 atom stereocenters. The summed E-state index contributed by atoms with van der Waals surface area (Å²) in [6, 6.07) is 14.2. The van der Waals surface area contributed by atoms with Crippen molar-refractivity contribution < 1.29 is 0 Å². The topological polar surface area (TPSA) is 18.8 Å². The van der Waals surface area contributed by atoms with Crippen LogP contribution in [0.1, 0.15) is 16.7 Å². The normalized spacial score (nSPS) is 16.0. The van der Waals surface area contributed by atoms with Crippen LogP contribution in [0.4, 0.5) is 0 Å². The molecule has 2 aromatic carbocycles. The van der Waals surface area contributed by atoms with Crippen LogP contribution in [-0.4, -0.2) is 42.3 Å². The van der Waals surface area contributed by atoms with Gasteiger partial charge < -0.3 is 0 Å². The molecule has 5 heteroatoms. The molecule has 3 rings (SSSR count). The van der Waals surface area contributed by atoms with E-state index in [4.69, 9.17) is 23.2 Å². The van der Waals surface area contributed by atoms with Crippen molar-refractivity contribution in [3.8, 4) is 0 Å². The summed E-state index contributed by atoms with van der Waals surface area (Å²) in [7, 11) is 0. The smallest absolute Gasteiger partial charge is 0.0572 e. The van der Waals surface area contributed by atoms with Gasteiger partial charge in [-0.15, -0.1) is 0 Å². The Morgan fingerprint density at radius 3 is 2.21 bits per heavy atom. The summed E-state index contributed by atoms with van der Waals surface area (Å²) in [5, 5.41) is 7.87. The highest BCUT2D eigenvalue weighted by Crippen LogP contribution is 2.22. The highest BCUT2D eigenvalue weighted by Gasteiger charge is 2.15. The fraction of sp³-hybridized carbons (Fsp3) is 0.316. The van der Waals surface area contributed by atoms with Crippen LogP contribution in [0.3, 0.4) is 0 Å². The molecular formula is C19H21Cl2N3. The fourth-order valence-corrected chi connectivity index (χ4v) is 3.23. The van der Waals surface area contributed by atoms with Crippen molar-refractivity contribution in [1.29, 1.82) is 0 Å². The van der Waals surface area contributed by atoms with Crippen molar-refractivity contribution in [2.75, 3.05) is 26.2 Å². The number of benzene rings is 2. The molecule has 0 radical (unpaired) electrons. The minimum atomic E-state index is 0.629. The van der Waals surface area contributed by atoms with Crippen LogP contribution < -0.4 is 0 Å². The van der Waals surface area contributed by atoms with E-state index in [1.165, 1.54) is 11.1 Å². The molecule has 1 heterocycles. The number of piperazine rings is 1. The molecule has 0 aliphatic carbocycles. The molecule has 1 saturated heterocycles. The van der Waals surface area contributed by atoms with Gasteiger partial charge >= 0.3 is 0 Å². The van der Waals surface area contributed by atoms with Gasteiger partial charge in [0.15, 0.2) is 0 Å². The van der Waals surface area contributed by atoms with E-state index in [-0.39, 0.29) is 0 Å². The van der Waals surface area contributed by atoms with Crippen LogP contribution in [0.5, 0.6) is 0 Å². The monoisotopic (exact) mass is 361 g/mol. The van der Waals surface area contributed by atoms with Gasteiger partial charge in [-0.1, -0.05) is 59.1 Å². The van der Waals surface area contributed by atoms with Gasteiger partial charge in [0.1, 0.15) is 0 Å². The average molecular weight is 362 g/mol. The molecule has 1 aliphatic heterocycles. The SMILES string of the molecule is Cc1ccc(CN2CCN(N=Cc3c(Cl)cccc3Cl)CC2)cc1. The highest BCUT2D eigenvalue weighted by atomic mass is 35.5. The lowest BCUT2D eigenvalue weighted by molar-refractivity contribution is 0.131. The minimum Gasteiger partial charge on any atom is -0.295 e. The first-order valence-electron chi connectivity index (χ1n) is 8.12. The molecule has 3 nitrogen and oxygen atoms in total. The van der Waals surface area contributed by atoms with E-state index in [0.29, 0.717) is 10.0 Å². The van der Waals surface area contributed by atoms with Gasteiger partial charge in [-0.25, -0.2) is 0 Å². The Balaban J connectivity index is 1.53. The van der Waals surface area contributed by atoms with Crippen molar-refractivity contribution in [3.63, 3.8) is 0 Å². The number of hydrazone groups is 1. The Labute approximate surface area is 153 Å². The molecule has 0 saturated carbocycles. The van der Waals surface area contributed by atoms with Crippen molar-refractivity contribution in [3.05, 3.63) is 69.2 Å². The summed E-state index contributed by atoms with van der Waals surface area (Å²) in [5.41, 5.74) is 3.44. The van der Waals surface area contributed by atoms with Gasteiger partial charge in [0.2, 0.25) is 0 Å². The second-order valence-corrected chi connectivity index (χ2v) is 6.91. The molecule has 0 bridgehead atoms. The van der Waals surface area contributed by atoms with Crippen molar-refractivity contribution in [1.82, 2.24) is 9.91 Å². The number of hydrogen-bond acceptors (Lipinski definition) is 3. The first-order chi connectivity index (χ1) is 11.6. The first kappa shape index (κ1) is 17.3. The van der Waals surface area contributed by atoms with Crippen molar-refractivity contribution in [2.45, 2.75) is 13.5 Å². The van der Waals surface area contributed by atoms with Crippen LogP contribution in [0, 0.1) is 6.92 Å². The quantitative estimate of drug-likeness (QED) is 0.749. The minimum absolute atomic E-state index is 0.629. The van der Waals surface area contributed by atoms with Gasteiger partial charge in [0, 0.05) is 38.3 Å². The molecule has 0 unspecified atom stereocenters. The van der Waals surface area contributed by atoms with E-state index in [1.54, 1.807) is 6.21 Å². The van der Waals surface area contributed by atoms with Crippen LogP contribution in [0.25, 0.3) is 0 Å². The molecule has 0 amide bonds. The zero-order valence-corrected chi connectivity index (χ0v) is 15.3. The molecule has 24 heavy (non-hydrogen) atoms. The average Bonchev–Trinajstić information content (AvgIpc) is 2.58. The molecule has 126 valence electrons. The van der Waals surface area contributed by atoms with E-state index in [1.807, 2.05) is 18.2 Å². The molecule has 0 aromatic heterocycles. The lowest BCUT2D eigenvalue weighted by Gasteiger charge is -2.33. The third-order valence-electron chi connectivity index (χ3n) is 4.23. The Morgan fingerprint density at radius 1 is 0.958 bits per heavy atom. The number of rotatable bonds is 4. The van der Waals surface area contributed by atoms with E-state index in [0.717, 1.165) is 38.3 Å². The van der Waals surface area contributed by atoms with E-state index in [2.05, 4.69) is 46.2 Å². The standard InChI is InChI=1S/C19H21Cl2N3/c1-15-5-7-16(8-6-15)14-23-9-11-24(12-10-23)22-13-17-18(20)3-2-4-19(17)21/h2-8,13H,9-12,14H2,1H3. The summed E-state index contributed by atoms with van der Waals surface area (Å²) < 4.78 is 0. The summed E-state index contributed by atoms with van der Waals surface area (Å²) in [6.45, 7) is 6.93. The number of hydrogen-bond donors (Lipinski definition) is 0. The summed E-state index contributed by atoms with van der Waals surface area (Å²) in [6.07, 6.45) is 1.76. The lowest BCUT2D eigenvalue weighted by Crippen LogP contribution is -2.43. The van der Waals surface area contributed by atoms with Crippen LogP contribution in [0.2, 0.25) is 10.0 Å². The zero-order valence-electron chi connectivity index (χ0n) is 13.8. The third kappa shape index (κ3) is 4.50. The van der Waals surface area contributed by atoms with Gasteiger partial charge in [0.05, 0.1) is 16.3 Å². The first-order valence-corrected chi connectivity index (χ1v) is 8.88. The molecule has 0 spiro atoms. The second-order valence-electron chi connectivity index (χ2n) is 6.10. The van der Waals surface area contributed by atoms with Crippen LogP contribution in [-0.2, 0) is 6.54 Å².